The molecule has 2 nitrogen and oxygen atoms in total. The van der Waals surface area contributed by atoms with E-state index in [-0.39, 0.29) is 5.41 Å². The quantitative estimate of drug-likeness (QED) is 0.136. The predicted octanol–water partition coefficient (Wildman–Crippen LogP) is 15.5. The molecule has 1 aromatic heterocycles. The first-order chi connectivity index (χ1) is 30.0. The van der Waals surface area contributed by atoms with Crippen molar-refractivity contribution in [3.05, 3.63) is 247 Å². The van der Waals surface area contributed by atoms with Crippen LogP contribution in [0.15, 0.2) is 231 Å². The van der Waals surface area contributed by atoms with Crippen molar-refractivity contribution in [3.8, 4) is 56.2 Å². The van der Waals surface area contributed by atoms with Crippen LogP contribution in [0, 0.1) is 0 Å². The van der Waals surface area contributed by atoms with Crippen LogP contribution in [-0.4, -0.2) is 9.97 Å². The minimum absolute atomic E-state index is 0.357. The van der Waals surface area contributed by atoms with Crippen LogP contribution >= 0.6 is 0 Å². The minimum Gasteiger partial charge on any atom is -0.228 e. The molecule has 0 bridgehead atoms. The lowest BCUT2D eigenvalue weighted by Crippen LogP contribution is -2.21. The van der Waals surface area contributed by atoms with Crippen LogP contribution in [0.1, 0.15) is 30.5 Å². The van der Waals surface area contributed by atoms with Crippen molar-refractivity contribution in [2.45, 2.75) is 19.3 Å². The number of allylic oxidation sites excluding steroid dienone is 2. The van der Waals surface area contributed by atoms with E-state index in [1.807, 2.05) is 12.1 Å². The molecule has 2 heteroatoms. The lowest BCUT2D eigenvalue weighted by atomic mass is 9.74. The molecule has 61 heavy (non-hydrogen) atoms. The lowest BCUT2D eigenvalue weighted by Gasteiger charge is -2.29. The molecule has 10 aromatic rings. The van der Waals surface area contributed by atoms with Gasteiger partial charge in [-0.2, -0.15) is 0 Å². The molecule has 1 heterocycles. The van der Waals surface area contributed by atoms with Gasteiger partial charge in [0, 0.05) is 22.1 Å². The highest BCUT2D eigenvalue weighted by atomic mass is 14.9. The van der Waals surface area contributed by atoms with E-state index in [0.29, 0.717) is 5.82 Å². The minimum atomic E-state index is -0.357. The fourth-order valence-electron chi connectivity index (χ4n) is 8.94. The highest BCUT2D eigenvalue weighted by Gasteiger charge is 2.28. The molecule has 0 aliphatic rings. The number of rotatable bonds is 9. The van der Waals surface area contributed by atoms with E-state index in [4.69, 9.17) is 9.97 Å². The van der Waals surface area contributed by atoms with Gasteiger partial charge in [-0.15, -0.1) is 0 Å². The Morgan fingerprint density at radius 2 is 0.754 bits per heavy atom. The number of hydrogen-bond acceptors (Lipinski definition) is 2. The predicted molar refractivity (Wildman–Crippen MR) is 257 cm³/mol. The normalized spacial score (nSPS) is 12.7. The Labute approximate surface area is 358 Å². The first kappa shape index (κ1) is 37.6. The van der Waals surface area contributed by atoms with Gasteiger partial charge in [0.15, 0.2) is 5.82 Å². The summed E-state index contributed by atoms with van der Waals surface area (Å²) in [6.45, 7) is 4.56. The van der Waals surface area contributed by atoms with Crippen molar-refractivity contribution in [3.63, 3.8) is 0 Å². The Morgan fingerprint density at radius 1 is 0.377 bits per heavy atom. The third kappa shape index (κ3) is 7.23. The van der Waals surface area contributed by atoms with Crippen LogP contribution in [0.3, 0.4) is 0 Å². The maximum absolute atomic E-state index is 5.13. The number of fused-ring (bicyclic) bond motifs is 3. The lowest BCUT2D eigenvalue weighted by molar-refractivity contribution is 0.725. The molecule has 9 aromatic carbocycles. The monoisotopic (exact) mass is 780 g/mol. The first-order valence-corrected chi connectivity index (χ1v) is 21.0. The maximum Gasteiger partial charge on any atom is 0.160 e. The molecule has 1 atom stereocenters. The van der Waals surface area contributed by atoms with Gasteiger partial charge in [0.2, 0.25) is 0 Å². The maximum atomic E-state index is 5.13. The summed E-state index contributed by atoms with van der Waals surface area (Å²) in [6, 6.07) is 80.1. The van der Waals surface area contributed by atoms with E-state index in [1.165, 1.54) is 60.5 Å². The second kappa shape index (κ2) is 16.2. The standard InChI is InChI=1S/C59H44N2/c1-41(42-19-7-3-8-20-42)40-59(2,48-25-13-6-14-26-48)49-37-35-46(36-38-49)57-53-30-18-16-28-51(53)50-27-15-17-29-52(50)56(57)45-31-33-47(34-32-45)58-60-54(43-21-9-4-10-22-43)39-55(61-58)44-23-11-5-12-24-44/h3-40H,1-2H3/b41-40+. The van der Waals surface area contributed by atoms with E-state index in [0.717, 1.165) is 33.6 Å². The highest BCUT2D eigenvalue weighted by molar-refractivity contribution is 6.21. The van der Waals surface area contributed by atoms with Crippen LogP contribution in [-0.2, 0) is 5.41 Å². The number of aromatic nitrogens is 2. The summed E-state index contributed by atoms with van der Waals surface area (Å²) in [5.41, 5.74) is 14.2. The van der Waals surface area contributed by atoms with Crippen molar-refractivity contribution in [2.24, 2.45) is 0 Å². The summed E-state index contributed by atoms with van der Waals surface area (Å²) in [5.74, 6) is 0.698. The Kier molecular flexibility index (Phi) is 9.96. The van der Waals surface area contributed by atoms with E-state index >= 15 is 0 Å². The number of benzene rings is 9. The SMILES string of the molecule is C/C(=C\C(C)(c1ccccc1)c1ccc(-c2c(-c3ccc(-c4nc(-c5ccccc5)cc(-c5ccccc5)n4)cc3)c3ccccc3c3ccccc23)cc1)c1ccccc1. The van der Waals surface area contributed by atoms with E-state index < -0.39 is 0 Å². The van der Waals surface area contributed by atoms with Crippen LogP contribution in [0.2, 0.25) is 0 Å². The second-order valence-corrected chi connectivity index (χ2v) is 16.0. The third-order valence-electron chi connectivity index (χ3n) is 12.1. The zero-order valence-corrected chi connectivity index (χ0v) is 34.3. The summed E-state index contributed by atoms with van der Waals surface area (Å²) in [7, 11) is 0. The summed E-state index contributed by atoms with van der Waals surface area (Å²) >= 11 is 0. The van der Waals surface area contributed by atoms with Crippen molar-refractivity contribution in [1.82, 2.24) is 9.97 Å². The van der Waals surface area contributed by atoms with Gasteiger partial charge in [-0.25, -0.2) is 9.97 Å². The summed E-state index contributed by atoms with van der Waals surface area (Å²) in [4.78, 5) is 10.3. The number of hydrogen-bond donors (Lipinski definition) is 0. The molecule has 0 amide bonds. The molecular weight excluding hydrogens is 737 g/mol. The molecular formula is C59H44N2. The summed E-state index contributed by atoms with van der Waals surface area (Å²) in [5, 5.41) is 4.93. The van der Waals surface area contributed by atoms with Gasteiger partial charge in [0.25, 0.3) is 0 Å². The van der Waals surface area contributed by atoms with Gasteiger partial charge in [-0.3, -0.25) is 0 Å². The fourth-order valence-corrected chi connectivity index (χ4v) is 8.94. The van der Waals surface area contributed by atoms with E-state index in [9.17, 15) is 0 Å². The first-order valence-electron chi connectivity index (χ1n) is 21.0. The average molecular weight is 781 g/mol. The Bertz CT molecular complexity index is 3100. The van der Waals surface area contributed by atoms with Gasteiger partial charge < -0.3 is 0 Å². The molecule has 0 aliphatic carbocycles. The Morgan fingerprint density at radius 3 is 1.25 bits per heavy atom. The fraction of sp³-hybridized carbons (Fsp3) is 0.0508. The zero-order valence-electron chi connectivity index (χ0n) is 34.3. The molecule has 0 fully saturated rings. The molecule has 1 unspecified atom stereocenters. The van der Waals surface area contributed by atoms with Gasteiger partial charge in [0.1, 0.15) is 0 Å². The van der Waals surface area contributed by atoms with Crippen molar-refractivity contribution >= 4 is 27.1 Å². The van der Waals surface area contributed by atoms with Gasteiger partial charge in [-0.05, 0) is 86.0 Å². The average Bonchev–Trinajstić information content (AvgIpc) is 3.34. The molecule has 0 N–H and O–H groups in total. The summed E-state index contributed by atoms with van der Waals surface area (Å²) in [6.07, 6.45) is 2.42. The molecule has 0 saturated heterocycles. The van der Waals surface area contributed by atoms with E-state index in [2.05, 4.69) is 232 Å². The van der Waals surface area contributed by atoms with Crippen LogP contribution in [0.4, 0.5) is 0 Å². The largest absolute Gasteiger partial charge is 0.228 e. The highest BCUT2D eigenvalue weighted by Crippen LogP contribution is 2.46. The van der Waals surface area contributed by atoms with E-state index in [1.54, 1.807) is 0 Å². The Balaban J connectivity index is 1.12. The second-order valence-electron chi connectivity index (χ2n) is 16.0. The zero-order chi connectivity index (χ0) is 41.2. The third-order valence-corrected chi connectivity index (χ3v) is 12.1. The molecule has 0 aliphatic heterocycles. The molecule has 290 valence electrons. The van der Waals surface area contributed by atoms with Gasteiger partial charge in [-0.1, -0.05) is 224 Å². The number of nitrogens with zero attached hydrogens (tertiary/aromatic N) is 2. The molecule has 0 radical (unpaired) electrons. The van der Waals surface area contributed by atoms with Crippen LogP contribution in [0.25, 0.3) is 83.3 Å². The van der Waals surface area contributed by atoms with Crippen molar-refractivity contribution in [2.75, 3.05) is 0 Å². The van der Waals surface area contributed by atoms with Gasteiger partial charge >= 0.3 is 0 Å². The molecule has 0 saturated carbocycles. The van der Waals surface area contributed by atoms with Crippen molar-refractivity contribution < 1.29 is 0 Å². The van der Waals surface area contributed by atoms with Crippen LogP contribution < -0.4 is 0 Å². The van der Waals surface area contributed by atoms with Crippen LogP contribution in [0.5, 0.6) is 0 Å². The topological polar surface area (TPSA) is 25.8 Å². The van der Waals surface area contributed by atoms with Gasteiger partial charge in [0.05, 0.1) is 11.4 Å². The summed E-state index contributed by atoms with van der Waals surface area (Å²) < 4.78 is 0. The van der Waals surface area contributed by atoms with Crippen molar-refractivity contribution in [1.29, 1.82) is 0 Å². The Hall–Kier alpha value is -7.68. The molecule has 10 rings (SSSR count). The molecule has 0 spiro atoms. The smallest absolute Gasteiger partial charge is 0.160 e.